The van der Waals surface area contributed by atoms with Crippen molar-refractivity contribution >= 4 is 124 Å². The molecular formula is C83H112N22O24S. The first-order chi connectivity index (χ1) is 61.6. The number of primary amides is 2. The molecule has 0 saturated carbocycles. The highest BCUT2D eigenvalue weighted by Crippen LogP contribution is 2.20. The average molecular weight is 1830 g/mol. The first-order valence-corrected chi connectivity index (χ1v) is 42.3. The van der Waals surface area contributed by atoms with E-state index in [1.165, 1.54) is 110 Å². The summed E-state index contributed by atoms with van der Waals surface area (Å²) < 4.78 is 0. The van der Waals surface area contributed by atoms with Crippen LogP contribution in [-0.4, -0.2) is 270 Å². The fourth-order valence-electron chi connectivity index (χ4n) is 13.0. The number of amides is 17. The molecule has 704 valence electrons. The first-order valence-electron chi connectivity index (χ1n) is 41.2. The Morgan fingerprint density at radius 3 is 1.20 bits per heavy atom. The summed E-state index contributed by atoms with van der Waals surface area (Å²) in [5.41, 5.74) is 17.7. The summed E-state index contributed by atoms with van der Waals surface area (Å²) in [5, 5.41) is 109. The van der Waals surface area contributed by atoms with E-state index >= 15 is 14.4 Å². The molecule has 46 nitrogen and oxygen atoms in total. The number of hydrogen-bond donors (Lipinski definition) is 27. The van der Waals surface area contributed by atoms with Crippen LogP contribution in [0.2, 0.25) is 0 Å². The predicted molar refractivity (Wildman–Crippen MR) is 464 cm³/mol. The number of aliphatic hydroxyl groups excluding tert-OH is 1. The Bertz CT molecular complexity index is 4780. The summed E-state index contributed by atoms with van der Waals surface area (Å²) in [6.45, 7) is 2.57. The Labute approximate surface area is 749 Å². The molecule has 47 heteroatoms. The minimum Gasteiger partial charge on any atom is -0.508 e. The van der Waals surface area contributed by atoms with E-state index < -0.39 is 273 Å². The van der Waals surface area contributed by atoms with E-state index in [0.717, 1.165) is 0 Å². The van der Waals surface area contributed by atoms with Crippen LogP contribution in [0, 0.1) is 17.2 Å². The summed E-state index contributed by atoms with van der Waals surface area (Å²) in [5.74, 6) is -23.7. The third-order valence-corrected chi connectivity index (χ3v) is 20.6. The van der Waals surface area contributed by atoms with Crippen LogP contribution in [0.1, 0.15) is 101 Å². The van der Waals surface area contributed by atoms with E-state index in [1.807, 2.05) is 0 Å². The van der Waals surface area contributed by atoms with Gasteiger partial charge in [0.15, 0.2) is 5.96 Å². The van der Waals surface area contributed by atoms with E-state index in [4.69, 9.17) is 22.6 Å². The normalized spacial score (nSPS) is 22.1. The zero-order chi connectivity index (χ0) is 95.8. The minimum atomic E-state index is -1.98. The fraction of sp³-hybridized carbons (Fsp3) is 0.446. The number of aromatic amines is 1. The Morgan fingerprint density at radius 1 is 0.438 bits per heavy atom. The number of nitrogens with one attached hydrogen (secondary N) is 18. The van der Waals surface area contributed by atoms with Gasteiger partial charge in [-0.2, -0.15) is 0 Å². The molecule has 0 unspecified atom stereocenters. The molecular weight excluding hydrogens is 1720 g/mol. The lowest BCUT2D eigenvalue weighted by atomic mass is 10.0. The van der Waals surface area contributed by atoms with Gasteiger partial charge in [0.2, 0.25) is 100 Å². The molecule has 12 atom stereocenters. The number of aromatic hydroxyl groups is 4. The lowest BCUT2D eigenvalue weighted by Crippen LogP contribution is -2.61. The zero-order valence-corrected chi connectivity index (χ0v) is 72.3. The maximum Gasteiger partial charge on any atom is 0.305 e. The van der Waals surface area contributed by atoms with Crippen molar-refractivity contribution < 1.29 is 117 Å². The number of rotatable bonds is 27. The van der Waals surface area contributed by atoms with Gasteiger partial charge in [-0.3, -0.25) is 91.7 Å². The molecule has 5 aromatic rings. The molecule has 1 saturated heterocycles. The van der Waals surface area contributed by atoms with Crippen LogP contribution in [0.25, 0.3) is 0 Å². The molecule has 1 fully saturated rings. The number of carboxylic acid groups (broad SMARTS) is 1. The number of imidazole rings is 1. The standard InChI is InChI=1S/C83H112N22O24S/c1-42(2)26-55-71(118)91-37-68(114)96-64(73(120)90-35-66(85)112)39-130-40-69(115)95-58(29-45-9-17-50(108)18-10-45)77(124)98-54(23-24-65(84)111)75(122)104-61(32-48-34-88-41-93-48)80(127)103-60(31-47-13-21-52(110)22-14-47)79(126)102-59(30-46-11-19-51(109)20-12-46)78(125)97-53(6-5-25-89-83(86)87)74(121)105-63(38-106)82(129)100-56(27-43(3)4)76(123)101-57(28-44-7-15-49(107)16-8-44)72(119)92-36-67(113)94-62(33-70(116)117)81(128)99-55/h7-22,34,41-43,53-64,106-110H,5-6,23-33,35-40H2,1-4H3,(H2,84,111)(H2,85,112)(H,88,93)(H,90,120)(H,91,118)(H,92,119)(H,94,113)(H,95,115)(H,96,114)(H,97,125)(H,98,124)(H,99,128)(H,100,129)(H,101,123)(H,102,126)(H,103,127)(H,104,122)(H,105,121)(H,116,117)(H4,86,87,89)/t53-,54-,55-,56-,57-,58-,59-,60-,61-,62-,63-,64-/m0/s1. The van der Waals surface area contributed by atoms with Crippen molar-refractivity contribution in [3.63, 3.8) is 0 Å². The third kappa shape index (κ3) is 37.5. The number of carboxylic acids is 1. The maximum atomic E-state index is 15.3. The average Bonchev–Trinajstić information content (AvgIpc) is 1.06. The van der Waals surface area contributed by atoms with Crippen molar-refractivity contribution in [2.75, 3.05) is 44.3 Å². The molecule has 0 radical (unpaired) electrons. The smallest absolute Gasteiger partial charge is 0.305 e. The van der Waals surface area contributed by atoms with Crippen LogP contribution in [0.3, 0.4) is 0 Å². The van der Waals surface area contributed by atoms with Crippen molar-refractivity contribution in [3.05, 3.63) is 138 Å². The summed E-state index contributed by atoms with van der Waals surface area (Å²) in [6, 6.07) is 0.247. The second-order valence-corrected chi connectivity index (χ2v) is 32.4. The molecule has 1 aliphatic heterocycles. The molecule has 30 N–H and O–H groups in total. The Morgan fingerprint density at radius 2 is 0.792 bits per heavy atom. The highest BCUT2D eigenvalue weighted by Gasteiger charge is 2.39. The quantitative estimate of drug-likeness (QED) is 0.0132. The van der Waals surface area contributed by atoms with E-state index in [2.05, 4.69) is 95.0 Å². The van der Waals surface area contributed by atoms with Gasteiger partial charge < -0.3 is 138 Å². The Hall–Kier alpha value is -14.7. The van der Waals surface area contributed by atoms with Crippen LogP contribution < -0.4 is 102 Å². The second kappa shape index (κ2) is 52.4. The summed E-state index contributed by atoms with van der Waals surface area (Å²) in [6.07, 6.45) is -2.64. The molecule has 6 rings (SSSR count). The number of carbonyl (C=O) groups is 18. The third-order valence-electron chi connectivity index (χ3n) is 19.6. The number of phenolic OH excluding ortho intramolecular Hbond substituents is 4. The van der Waals surface area contributed by atoms with Gasteiger partial charge in [0.1, 0.15) is 95.5 Å². The number of guanidine groups is 1. The van der Waals surface area contributed by atoms with E-state index in [-0.39, 0.29) is 84.9 Å². The van der Waals surface area contributed by atoms with Crippen LogP contribution in [0.4, 0.5) is 0 Å². The van der Waals surface area contributed by atoms with Gasteiger partial charge in [0, 0.05) is 57.0 Å². The molecule has 0 aliphatic carbocycles. The molecule has 130 heavy (non-hydrogen) atoms. The van der Waals surface area contributed by atoms with Crippen LogP contribution in [0.15, 0.2) is 110 Å². The lowest BCUT2D eigenvalue weighted by Gasteiger charge is -2.28. The number of hydrogen-bond acceptors (Lipinski definition) is 26. The summed E-state index contributed by atoms with van der Waals surface area (Å²) in [7, 11) is 0. The minimum absolute atomic E-state index is 0.0712. The topological polar surface area (TPSA) is 752 Å². The molecule has 0 bridgehead atoms. The van der Waals surface area contributed by atoms with Gasteiger partial charge in [0.25, 0.3) is 0 Å². The number of nitrogens with two attached hydrogens (primary N) is 3. The number of nitrogens with zero attached hydrogens (tertiary/aromatic N) is 1. The van der Waals surface area contributed by atoms with Crippen LogP contribution >= 0.6 is 11.8 Å². The highest BCUT2D eigenvalue weighted by molar-refractivity contribution is 8.00. The number of aliphatic carboxylic acids is 1. The fourth-order valence-corrected chi connectivity index (χ4v) is 13.8. The molecule has 2 heterocycles. The molecule has 1 aliphatic rings. The summed E-state index contributed by atoms with van der Waals surface area (Å²) in [4.78, 5) is 261. The number of benzene rings is 4. The van der Waals surface area contributed by atoms with Crippen molar-refractivity contribution in [3.8, 4) is 23.0 Å². The number of H-pyrrole nitrogens is 1. The second-order valence-electron chi connectivity index (χ2n) is 31.3. The number of thioether (sulfide) groups is 1. The van der Waals surface area contributed by atoms with Gasteiger partial charge in [-0.1, -0.05) is 76.2 Å². The molecule has 0 spiro atoms. The SMILES string of the molecule is CC(C)C[C@@H]1NC(=O)[C@H](CC(=O)O)NC(=O)CNC(=O)[C@H](Cc2ccc(O)cc2)NC(=O)[C@H](CC(C)C)NC(=O)[C@H](CO)NC(=O)[C@H](CCCNC(=N)N)NC(=O)[C@H](Cc2ccc(O)cc2)NC(=O)[C@H](Cc2ccc(O)cc2)NC(=O)[C@H](Cc2c[nH]cn2)NC(=O)[C@H](CCC(N)=O)NC(=O)[C@H](Cc2ccc(O)cc2)NC(=O)CSC[C@@H](C(=O)NCC(N)=O)NC(=O)CNC1=O. The van der Waals surface area contributed by atoms with Crippen molar-refractivity contribution in [2.45, 2.75) is 177 Å². The largest absolute Gasteiger partial charge is 0.508 e. The van der Waals surface area contributed by atoms with Gasteiger partial charge in [-0.05, 0) is 115 Å². The molecule has 1 aromatic heterocycles. The number of carbonyl (C=O) groups excluding carboxylic acids is 17. The van der Waals surface area contributed by atoms with Gasteiger partial charge in [-0.15, -0.1) is 11.8 Å². The van der Waals surface area contributed by atoms with E-state index in [1.54, 1.807) is 27.7 Å². The van der Waals surface area contributed by atoms with Gasteiger partial charge in [0.05, 0.1) is 50.4 Å². The zero-order valence-electron chi connectivity index (χ0n) is 71.5. The van der Waals surface area contributed by atoms with Crippen molar-refractivity contribution in [2.24, 2.45) is 29.0 Å². The monoisotopic (exact) mass is 1830 g/mol. The maximum absolute atomic E-state index is 15.3. The molecule has 4 aromatic carbocycles. The van der Waals surface area contributed by atoms with Crippen molar-refractivity contribution in [1.29, 1.82) is 5.41 Å². The first kappa shape index (κ1) is 104. The van der Waals surface area contributed by atoms with E-state index in [0.29, 0.717) is 22.9 Å². The lowest BCUT2D eigenvalue weighted by molar-refractivity contribution is -0.141. The van der Waals surface area contributed by atoms with Crippen LogP contribution in [0.5, 0.6) is 23.0 Å². The highest BCUT2D eigenvalue weighted by atomic mass is 32.2. The van der Waals surface area contributed by atoms with Gasteiger partial charge in [-0.25, -0.2) is 4.98 Å². The Kier molecular flexibility index (Phi) is 42.0. The van der Waals surface area contributed by atoms with E-state index in [9.17, 15) is 103 Å². The number of phenols is 4. The summed E-state index contributed by atoms with van der Waals surface area (Å²) >= 11 is 0.682. The Balaban J connectivity index is 1.45. The van der Waals surface area contributed by atoms with Crippen molar-refractivity contribution in [1.82, 2.24) is 95.0 Å². The van der Waals surface area contributed by atoms with Crippen LogP contribution in [-0.2, 0) is 118 Å². The predicted octanol–water partition coefficient (Wildman–Crippen LogP) is -6.77. The molecule has 17 amide bonds. The van der Waals surface area contributed by atoms with Gasteiger partial charge >= 0.3 is 5.97 Å². The number of aliphatic hydroxyl groups is 1. The number of aromatic nitrogens is 2.